The molecule has 5 nitrogen and oxygen atoms in total. The summed E-state index contributed by atoms with van der Waals surface area (Å²) >= 11 is 0. The van der Waals surface area contributed by atoms with Crippen LogP contribution in [-0.2, 0) is 9.53 Å². The van der Waals surface area contributed by atoms with Crippen molar-refractivity contribution in [3.63, 3.8) is 0 Å². The number of rotatable bonds is 6. The average molecular weight is 251 g/mol. The van der Waals surface area contributed by atoms with Gasteiger partial charge in [0.25, 0.3) is 0 Å². The molecule has 0 saturated carbocycles. The van der Waals surface area contributed by atoms with Gasteiger partial charge in [-0.3, -0.25) is 4.79 Å². The Hall–Kier alpha value is -2.04. The number of amides is 1. The minimum atomic E-state index is -0.523. The van der Waals surface area contributed by atoms with Gasteiger partial charge in [-0.2, -0.15) is 0 Å². The Morgan fingerprint density at radius 1 is 1.22 bits per heavy atom. The van der Waals surface area contributed by atoms with Crippen LogP contribution in [0, 0.1) is 0 Å². The summed E-state index contributed by atoms with van der Waals surface area (Å²) in [5.74, 6) is 0.233. The smallest absolute Gasteiger partial charge is 0.412 e. The van der Waals surface area contributed by atoms with Gasteiger partial charge < -0.3 is 14.8 Å². The highest BCUT2D eigenvalue weighted by Crippen LogP contribution is 2.07. The summed E-state index contributed by atoms with van der Waals surface area (Å²) in [6, 6.07) is 8.78. The van der Waals surface area contributed by atoms with Crippen molar-refractivity contribution in [2.75, 3.05) is 13.2 Å². The summed E-state index contributed by atoms with van der Waals surface area (Å²) in [7, 11) is 0. The van der Waals surface area contributed by atoms with Gasteiger partial charge in [-0.1, -0.05) is 18.2 Å². The Bertz CT molecular complexity index is 378. The second-order valence-corrected chi connectivity index (χ2v) is 3.54. The van der Waals surface area contributed by atoms with Gasteiger partial charge in [-0.05, 0) is 25.5 Å². The van der Waals surface area contributed by atoms with Gasteiger partial charge in [-0.15, -0.1) is 0 Å². The molecular weight excluding hydrogens is 234 g/mol. The van der Waals surface area contributed by atoms with Gasteiger partial charge in [0, 0.05) is 13.0 Å². The Kier molecular flexibility index (Phi) is 6.32. The SMILES string of the molecule is CCOC(=O)CCCNC(=O)Oc1ccccc1. The zero-order valence-corrected chi connectivity index (χ0v) is 10.3. The average Bonchev–Trinajstić information content (AvgIpc) is 2.36. The molecule has 1 rings (SSSR count). The van der Waals surface area contributed by atoms with Crippen molar-refractivity contribution in [2.24, 2.45) is 0 Å². The van der Waals surface area contributed by atoms with Crippen LogP contribution in [0.4, 0.5) is 4.79 Å². The monoisotopic (exact) mass is 251 g/mol. The Balaban J connectivity index is 2.12. The molecule has 0 heterocycles. The number of carbonyl (C=O) groups excluding carboxylic acids is 2. The molecule has 1 aromatic carbocycles. The summed E-state index contributed by atoms with van der Waals surface area (Å²) < 4.78 is 9.76. The van der Waals surface area contributed by atoms with E-state index in [1.807, 2.05) is 6.07 Å². The first-order valence-electron chi connectivity index (χ1n) is 5.88. The highest BCUT2D eigenvalue weighted by Gasteiger charge is 2.04. The summed E-state index contributed by atoms with van der Waals surface area (Å²) in [6.45, 7) is 2.51. The minimum Gasteiger partial charge on any atom is -0.466 e. The van der Waals surface area contributed by atoms with Crippen LogP contribution in [-0.4, -0.2) is 25.2 Å². The number of para-hydroxylation sites is 1. The number of hydrogen-bond acceptors (Lipinski definition) is 4. The Morgan fingerprint density at radius 2 is 1.94 bits per heavy atom. The lowest BCUT2D eigenvalue weighted by molar-refractivity contribution is -0.143. The fourth-order valence-corrected chi connectivity index (χ4v) is 1.29. The highest BCUT2D eigenvalue weighted by atomic mass is 16.6. The maximum absolute atomic E-state index is 11.3. The van der Waals surface area contributed by atoms with Crippen molar-refractivity contribution in [3.8, 4) is 5.75 Å². The maximum atomic E-state index is 11.3. The van der Waals surface area contributed by atoms with Crippen molar-refractivity contribution in [3.05, 3.63) is 30.3 Å². The van der Waals surface area contributed by atoms with E-state index in [0.29, 0.717) is 31.7 Å². The number of ether oxygens (including phenoxy) is 2. The molecule has 1 aromatic rings. The van der Waals surface area contributed by atoms with Crippen molar-refractivity contribution in [1.29, 1.82) is 0 Å². The van der Waals surface area contributed by atoms with Crippen LogP contribution in [0.2, 0.25) is 0 Å². The molecule has 1 N–H and O–H groups in total. The largest absolute Gasteiger partial charge is 0.466 e. The maximum Gasteiger partial charge on any atom is 0.412 e. The zero-order chi connectivity index (χ0) is 13.2. The van der Waals surface area contributed by atoms with E-state index < -0.39 is 6.09 Å². The topological polar surface area (TPSA) is 64.6 Å². The number of hydrogen-bond donors (Lipinski definition) is 1. The predicted molar refractivity (Wildman–Crippen MR) is 66.3 cm³/mol. The molecule has 1 amide bonds. The molecule has 0 saturated heterocycles. The van der Waals surface area contributed by atoms with Gasteiger partial charge in [0.15, 0.2) is 0 Å². The molecule has 5 heteroatoms. The number of esters is 1. The van der Waals surface area contributed by atoms with Crippen LogP contribution in [0.5, 0.6) is 5.75 Å². The third kappa shape index (κ3) is 5.89. The van der Waals surface area contributed by atoms with E-state index in [-0.39, 0.29) is 5.97 Å². The molecule has 0 atom stereocenters. The van der Waals surface area contributed by atoms with Crippen LogP contribution in [0.25, 0.3) is 0 Å². The summed E-state index contributed by atoms with van der Waals surface area (Å²) in [5, 5.41) is 2.56. The lowest BCUT2D eigenvalue weighted by Gasteiger charge is -2.06. The molecule has 0 unspecified atom stereocenters. The van der Waals surface area contributed by atoms with Crippen LogP contribution in [0.15, 0.2) is 30.3 Å². The Morgan fingerprint density at radius 3 is 2.61 bits per heavy atom. The first kappa shape index (κ1) is 14.0. The second kappa shape index (κ2) is 8.11. The molecule has 18 heavy (non-hydrogen) atoms. The second-order valence-electron chi connectivity index (χ2n) is 3.54. The summed E-state index contributed by atoms with van der Waals surface area (Å²) in [5.41, 5.74) is 0. The number of benzene rings is 1. The minimum absolute atomic E-state index is 0.254. The van der Waals surface area contributed by atoms with E-state index in [2.05, 4.69) is 5.32 Å². The van der Waals surface area contributed by atoms with Crippen LogP contribution >= 0.6 is 0 Å². The Labute approximate surface area is 106 Å². The molecule has 0 bridgehead atoms. The van der Waals surface area contributed by atoms with E-state index in [1.165, 1.54) is 0 Å². The van der Waals surface area contributed by atoms with Gasteiger partial charge >= 0.3 is 12.1 Å². The van der Waals surface area contributed by atoms with E-state index >= 15 is 0 Å². The number of nitrogens with one attached hydrogen (secondary N) is 1. The molecule has 0 aliphatic rings. The van der Waals surface area contributed by atoms with E-state index in [9.17, 15) is 9.59 Å². The lowest BCUT2D eigenvalue weighted by atomic mass is 10.3. The van der Waals surface area contributed by atoms with Crippen molar-refractivity contribution < 1.29 is 19.1 Å². The fraction of sp³-hybridized carbons (Fsp3) is 0.385. The zero-order valence-electron chi connectivity index (χ0n) is 10.3. The quantitative estimate of drug-likeness (QED) is 0.621. The first-order chi connectivity index (χ1) is 8.72. The summed E-state index contributed by atoms with van der Waals surface area (Å²) in [4.78, 5) is 22.3. The van der Waals surface area contributed by atoms with Gasteiger partial charge in [-0.25, -0.2) is 4.79 Å². The molecule has 0 aliphatic heterocycles. The van der Waals surface area contributed by atoms with E-state index in [4.69, 9.17) is 9.47 Å². The molecule has 0 fully saturated rings. The fourth-order valence-electron chi connectivity index (χ4n) is 1.29. The van der Waals surface area contributed by atoms with Crippen LogP contribution in [0.1, 0.15) is 19.8 Å². The van der Waals surface area contributed by atoms with Crippen molar-refractivity contribution in [1.82, 2.24) is 5.32 Å². The molecule has 0 aliphatic carbocycles. The summed E-state index contributed by atoms with van der Waals surface area (Å²) in [6.07, 6.45) is 0.299. The lowest BCUT2D eigenvalue weighted by Crippen LogP contribution is -2.28. The highest BCUT2D eigenvalue weighted by molar-refractivity contribution is 5.71. The molecule has 0 aromatic heterocycles. The third-order valence-electron chi connectivity index (χ3n) is 2.09. The van der Waals surface area contributed by atoms with Gasteiger partial charge in [0.2, 0.25) is 0 Å². The molecular formula is C13H17NO4. The van der Waals surface area contributed by atoms with Crippen LogP contribution in [0.3, 0.4) is 0 Å². The van der Waals surface area contributed by atoms with Gasteiger partial charge in [0.05, 0.1) is 6.61 Å². The van der Waals surface area contributed by atoms with E-state index in [1.54, 1.807) is 31.2 Å². The standard InChI is InChI=1S/C13H17NO4/c1-2-17-12(15)9-6-10-14-13(16)18-11-7-4-3-5-8-11/h3-5,7-8H,2,6,9-10H2,1H3,(H,14,16). The number of carbonyl (C=O) groups is 2. The first-order valence-corrected chi connectivity index (χ1v) is 5.88. The van der Waals surface area contributed by atoms with Crippen LogP contribution < -0.4 is 10.1 Å². The molecule has 98 valence electrons. The van der Waals surface area contributed by atoms with Crippen molar-refractivity contribution >= 4 is 12.1 Å². The molecule has 0 spiro atoms. The third-order valence-corrected chi connectivity index (χ3v) is 2.09. The van der Waals surface area contributed by atoms with E-state index in [0.717, 1.165) is 0 Å². The van der Waals surface area contributed by atoms with Gasteiger partial charge in [0.1, 0.15) is 5.75 Å². The predicted octanol–water partition coefficient (Wildman–Crippen LogP) is 2.12. The normalized spacial score (nSPS) is 9.61. The molecule has 0 radical (unpaired) electrons. The van der Waals surface area contributed by atoms with Crippen molar-refractivity contribution in [2.45, 2.75) is 19.8 Å².